The molecule has 14 heavy (non-hydrogen) atoms. The topological polar surface area (TPSA) is 26.3 Å². The molecule has 0 heterocycles. The lowest BCUT2D eigenvalue weighted by atomic mass is 10.1. The van der Waals surface area contributed by atoms with Crippen molar-refractivity contribution in [2.24, 2.45) is 0 Å². The fraction of sp³-hybridized carbons (Fsp3) is 0.364. The maximum Gasteiger partial charge on any atom is 0.167 e. The van der Waals surface area contributed by atoms with Crippen molar-refractivity contribution in [2.45, 2.75) is 25.2 Å². The molecule has 0 atom stereocenters. The smallest absolute Gasteiger partial charge is 0.167 e. The molecule has 0 aliphatic heterocycles. The van der Waals surface area contributed by atoms with Gasteiger partial charge in [-0.15, -0.1) is 12.6 Å². The fourth-order valence-electron chi connectivity index (χ4n) is 1.25. The lowest BCUT2D eigenvalue weighted by molar-refractivity contribution is 0.0981. The Morgan fingerprint density at radius 3 is 2.71 bits per heavy atom. The minimum atomic E-state index is 0.0686. The molecular formula is C11H14O2S. The largest absolute Gasteiger partial charge is 0.493 e. The number of carbonyl (C=O) groups is 1. The molecule has 0 radical (unpaired) electrons. The third kappa shape index (κ3) is 2.29. The molecule has 3 heteroatoms. The highest BCUT2D eigenvalue weighted by Gasteiger charge is 2.13. The summed E-state index contributed by atoms with van der Waals surface area (Å²) in [7, 11) is 0. The lowest BCUT2D eigenvalue weighted by Gasteiger charge is -2.10. The van der Waals surface area contributed by atoms with Crippen LogP contribution < -0.4 is 4.74 Å². The molecule has 0 saturated heterocycles. The molecule has 1 aromatic rings. The zero-order valence-electron chi connectivity index (χ0n) is 8.41. The van der Waals surface area contributed by atoms with Crippen molar-refractivity contribution in [1.82, 2.24) is 0 Å². The number of rotatable bonds is 4. The van der Waals surface area contributed by atoms with E-state index in [0.29, 0.717) is 29.2 Å². The van der Waals surface area contributed by atoms with E-state index in [9.17, 15) is 4.79 Å². The monoisotopic (exact) mass is 210 g/mol. The molecular weight excluding hydrogens is 196 g/mol. The highest BCUT2D eigenvalue weighted by atomic mass is 32.1. The van der Waals surface area contributed by atoms with Gasteiger partial charge in [0, 0.05) is 11.3 Å². The summed E-state index contributed by atoms with van der Waals surface area (Å²) in [4.78, 5) is 12.3. The van der Waals surface area contributed by atoms with E-state index in [4.69, 9.17) is 4.74 Å². The van der Waals surface area contributed by atoms with Crippen molar-refractivity contribution < 1.29 is 9.53 Å². The first-order valence-corrected chi connectivity index (χ1v) is 5.13. The van der Waals surface area contributed by atoms with E-state index in [1.165, 1.54) is 0 Å². The summed E-state index contributed by atoms with van der Waals surface area (Å²) in [5.74, 6) is 0.700. The highest BCUT2D eigenvalue weighted by molar-refractivity contribution is 7.80. The zero-order chi connectivity index (χ0) is 10.6. The molecule has 76 valence electrons. The van der Waals surface area contributed by atoms with Crippen LogP contribution in [0, 0.1) is 0 Å². The maximum atomic E-state index is 11.6. The molecule has 0 fully saturated rings. The Hall–Kier alpha value is -0.960. The molecule has 0 aliphatic rings. The Morgan fingerprint density at radius 2 is 2.14 bits per heavy atom. The minimum absolute atomic E-state index is 0.0686. The second-order valence-corrected chi connectivity index (χ2v) is 3.34. The standard InChI is InChI=1S/C11H14O2S/c1-3-8(12)11-9(13-4-2)6-5-7-10(11)14/h5-7,14H,3-4H2,1-2H3. The van der Waals surface area contributed by atoms with E-state index >= 15 is 0 Å². The van der Waals surface area contributed by atoms with Gasteiger partial charge in [0.15, 0.2) is 5.78 Å². The van der Waals surface area contributed by atoms with Crippen LogP contribution in [0.2, 0.25) is 0 Å². The number of ether oxygens (including phenoxy) is 1. The predicted molar refractivity (Wildman–Crippen MR) is 59.5 cm³/mol. The number of Topliss-reactive ketones (excluding diaryl/α,β-unsaturated/α-hetero) is 1. The van der Waals surface area contributed by atoms with Gasteiger partial charge in [-0.25, -0.2) is 0 Å². The number of carbonyl (C=O) groups excluding carboxylic acids is 1. The van der Waals surface area contributed by atoms with Gasteiger partial charge in [0.1, 0.15) is 5.75 Å². The average molecular weight is 210 g/mol. The van der Waals surface area contributed by atoms with E-state index in [-0.39, 0.29) is 5.78 Å². The van der Waals surface area contributed by atoms with Crippen LogP contribution in [0.25, 0.3) is 0 Å². The Morgan fingerprint density at radius 1 is 1.43 bits per heavy atom. The second kappa shape index (κ2) is 5.05. The third-order valence-corrected chi connectivity index (χ3v) is 2.28. The molecule has 0 saturated carbocycles. The van der Waals surface area contributed by atoms with Gasteiger partial charge < -0.3 is 4.74 Å². The van der Waals surface area contributed by atoms with Gasteiger partial charge in [0.2, 0.25) is 0 Å². The predicted octanol–water partition coefficient (Wildman–Crippen LogP) is 2.97. The van der Waals surface area contributed by atoms with E-state index in [2.05, 4.69) is 12.6 Å². The SMILES string of the molecule is CCOc1cccc(S)c1C(=O)CC. The van der Waals surface area contributed by atoms with Gasteiger partial charge in [0.05, 0.1) is 12.2 Å². The normalized spacial score (nSPS) is 9.93. The number of hydrogen-bond donors (Lipinski definition) is 1. The van der Waals surface area contributed by atoms with E-state index < -0.39 is 0 Å². The summed E-state index contributed by atoms with van der Waals surface area (Å²) in [5.41, 5.74) is 0.597. The second-order valence-electron chi connectivity index (χ2n) is 2.86. The summed E-state index contributed by atoms with van der Waals surface area (Å²) >= 11 is 4.25. The molecule has 0 amide bonds. The molecule has 0 aliphatic carbocycles. The van der Waals surface area contributed by atoms with Crippen LogP contribution in [-0.4, -0.2) is 12.4 Å². The van der Waals surface area contributed by atoms with Crippen LogP contribution in [-0.2, 0) is 0 Å². The van der Waals surface area contributed by atoms with Crippen molar-refractivity contribution in [2.75, 3.05) is 6.61 Å². The number of benzene rings is 1. The van der Waals surface area contributed by atoms with E-state index in [0.717, 1.165) is 0 Å². The fourth-order valence-corrected chi connectivity index (χ4v) is 1.57. The molecule has 1 rings (SSSR count). The number of hydrogen-bond acceptors (Lipinski definition) is 3. The Labute approximate surface area is 89.7 Å². The third-order valence-electron chi connectivity index (χ3n) is 1.90. The van der Waals surface area contributed by atoms with Crippen molar-refractivity contribution in [3.05, 3.63) is 23.8 Å². The maximum absolute atomic E-state index is 11.6. The Kier molecular flexibility index (Phi) is 4.01. The van der Waals surface area contributed by atoms with Crippen molar-refractivity contribution >= 4 is 18.4 Å². The molecule has 0 aromatic heterocycles. The molecule has 1 aromatic carbocycles. The summed E-state index contributed by atoms with van der Waals surface area (Å²) in [6.07, 6.45) is 0.470. The lowest BCUT2D eigenvalue weighted by Crippen LogP contribution is -2.03. The first-order valence-electron chi connectivity index (χ1n) is 4.68. The first kappa shape index (κ1) is 11.1. The van der Waals surface area contributed by atoms with Crippen LogP contribution >= 0.6 is 12.6 Å². The molecule has 0 bridgehead atoms. The quantitative estimate of drug-likeness (QED) is 0.611. The zero-order valence-corrected chi connectivity index (χ0v) is 9.30. The Bertz CT molecular complexity index is 334. The molecule has 0 N–H and O–H groups in total. The number of thiol groups is 1. The molecule has 0 spiro atoms. The van der Waals surface area contributed by atoms with E-state index in [1.54, 1.807) is 12.1 Å². The average Bonchev–Trinajstić information content (AvgIpc) is 2.18. The van der Waals surface area contributed by atoms with Crippen LogP contribution in [0.15, 0.2) is 23.1 Å². The van der Waals surface area contributed by atoms with Gasteiger partial charge in [0.25, 0.3) is 0 Å². The van der Waals surface area contributed by atoms with Gasteiger partial charge in [-0.05, 0) is 19.1 Å². The minimum Gasteiger partial charge on any atom is -0.493 e. The number of ketones is 1. The summed E-state index contributed by atoms with van der Waals surface area (Å²) in [6.45, 7) is 4.28. The van der Waals surface area contributed by atoms with Gasteiger partial charge in [-0.2, -0.15) is 0 Å². The van der Waals surface area contributed by atoms with Gasteiger partial charge in [-0.1, -0.05) is 13.0 Å². The summed E-state index contributed by atoms with van der Waals surface area (Å²) < 4.78 is 5.37. The van der Waals surface area contributed by atoms with Gasteiger partial charge >= 0.3 is 0 Å². The van der Waals surface area contributed by atoms with Crippen molar-refractivity contribution in [3.8, 4) is 5.75 Å². The molecule has 0 unspecified atom stereocenters. The highest BCUT2D eigenvalue weighted by Crippen LogP contribution is 2.26. The molecule has 2 nitrogen and oxygen atoms in total. The first-order chi connectivity index (χ1) is 6.70. The van der Waals surface area contributed by atoms with Crippen LogP contribution in [0.4, 0.5) is 0 Å². The van der Waals surface area contributed by atoms with Crippen LogP contribution in [0.3, 0.4) is 0 Å². The Balaban J connectivity index is 3.15. The summed E-state index contributed by atoms with van der Waals surface area (Å²) in [5, 5.41) is 0. The van der Waals surface area contributed by atoms with Crippen LogP contribution in [0.5, 0.6) is 5.75 Å². The van der Waals surface area contributed by atoms with Gasteiger partial charge in [-0.3, -0.25) is 4.79 Å². The van der Waals surface area contributed by atoms with Crippen LogP contribution in [0.1, 0.15) is 30.6 Å². The van der Waals surface area contributed by atoms with Crippen molar-refractivity contribution in [3.63, 3.8) is 0 Å². The van der Waals surface area contributed by atoms with Crippen molar-refractivity contribution in [1.29, 1.82) is 0 Å². The summed E-state index contributed by atoms with van der Waals surface area (Å²) in [6, 6.07) is 5.43. The van der Waals surface area contributed by atoms with E-state index in [1.807, 2.05) is 19.9 Å².